The highest BCUT2D eigenvalue weighted by atomic mass is 16.5. The number of rotatable bonds is 4. The van der Waals surface area contributed by atoms with Crippen LogP contribution in [0.2, 0.25) is 0 Å². The Kier molecular flexibility index (Phi) is 4.38. The van der Waals surface area contributed by atoms with Crippen LogP contribution in [0.1, 0.15) is 16.7 Å². The fraction of sp³-hybridized carbons (Fsp3) is 0.150. The molecule has 0 aliphatic carbocycles. The van der Waals surface area contributed by atoms with Gasteiger partial charge in [0.05, 0.1) is 25.4 Å². The van der Waals surface area contributed by atoms with E-state index in [0.717, 1.165) is 5.56 Å². The molecule has 4 heteroatoms. The molecule has 0 saturated carbocycles. The largest absolute Gasteiger partial charge is 0.497 e. The number of hydrogen-bond acceptors (Lipinski definition) is 4. The Hall–Kier alpha value is -3.01. The van der Waals surface area contributed by atoms with Crippen LogP contribution in [0.5, 0.6) is 11.5 Å². The number of cyclic esters (lactones) is 1. The van der Waals surface area contributed by atoms with E-state index in [2.05, 4.69) is 0 Å². The molecule has 0 bridgehead atoms. The van der Waals surface area contributed by atoms with Crippen LogP contribution in [0.15, 0.2) is 54.1 Å². The highest BCUT2D eigenvalue weighted by molar-refractivity contribution is 6.05. The third-order valence-corrected chi connectivity index (χ3v) is 3.80. The van der Waals surface area contributed by atoms with E-state index in [1.165, 1.54) is 5.56 Å². The minimum atomic E-state index is -0.372. The summed E-state index contributed by atoms with van der Waals surface area (Å²) in [4.78, 5) is 12.1. The van der Waals surface area contributed by atoms with Crippen LogP contribution in [0.4, 0.5) is 0 Å². The third kappa shape index (κ3) is 3.18. The van der Waals surface area contributed by atoms with Crippen molar-refractivity contribution in [2.24, 2.45) is 0 Å². The summed E-state index contributed by atoms with van der Waals surface area (Å²) in [6.45, 7) is 2.02. The highest BCUT2D eigenvalue weighted by Crippen LogP contribution is 2.35. The molecule has 0 N–H and O–H groups in total. The molecule has 1 aliphatic rings. The van der Waals surface area contributed by atoms with E-state index in [1.807, 2.05) is 43.3 Å². The van der Waals surface area contributed by atoms with Gasteiger partial charge in [-0.1, -0.05) is 29.8 Å². The van der Waals surface area contributed by atoms with Crippen LogP contribution in [0, 0.1) is 6.92 Å². The van der Waals surface area contributed by atoms with E-state index < -0.39 is 0 Å². The summed E-state index contributed by atoms with van der Waals surface area (Å²) < 4.78 is 16.0. The maximum Gasteiger partial charge on any atom is 0.343 e. The fourth-order valence-electron chi connectivity index (χ4n) is 2.47. The molecule has 24 heavy (non-hydrogen) atoms. The van der Waals surface area contributed by atoms with Crippen molar-refractivity contribution < 1.29 is 19.0 Å². The topological polar surface area (TPSA) is 44.8 Å². The minimum absolute atomic E-state index is 0.372. The Labute approximate surface area is 141 Å². The monoisotopic (exact) mass is 322 g/mol. The smallest absolute Gasteiger partial charge is 0.343 e. The number of hydrogen-bond donors (Lipinski definition) is 0. The Bertz CT molecular complexity index is 829. The van der Waals surface area contributed by atoms with Gasteiger partial charge in [0, 0.05) is 6.07 Å². The second-order valence-corrected chi connectivity index (χ2v) is 5.47. The Morgan fingerprint density at radius 2 is 1.75 bits per heavy atom. The predicted molar refractivity (Wildman–Crippen MR) is 92.8 cm³/mol. The van der Waals surface area contributed by atoms with Crippen molar-refractivity contribution in [1.29, 1.82) is 0 Å². The van der Waals surface area contributed by atoms with Crippen molar-refractivity contribution in [2.45, 2.75) is 6.92 Å². The second-order valence-electron chi connectivity index (χ2n) is 5.47. The second kappa shape index (κ2) is 6.62. The molecule has 4 nitrogen and oxygen atoms in total. The average molecular weight is 322 g/mol. The van der Waals surface area contributed by atoms with Crippen molar-refractivity contribution in [1.82, 2.24) is 0 Å². The first-order chi connectivity index (χ1) is 11.6. The number of methoxy groups -OCH3 is 2. The summed E-state index contributed by atoms with van der Waals surface area (Å²) in [7, 11) is 3.16. The summed E-state index contributed by atoms with van der Waals surface area (Å²) >= 11 is 0. The van der Waals surface area contributed by atoms with Crippen LogP contribution in [0.3, 0.4) is 0 Å². The molecule has 122 valence electrons. The SMILES string of the molecule is COc1ccc(C2=C/C(=C/c3ccc(C)cc3)C(=O)O2)c(OC)c1. The molecule has 1 aliphatic heterocycles. The third-order valence-electron chi connectivity index (χ3n) is 3.80. The molecule has 2 aromatic rings. The first-order valence-electron chi connectivity index (χ1n) is 7.55. The van der Waals surface area contributed by atoms with Gasteiger partial charge in [-0.05, 0) is 36.8 Å². The van der Waals surface area contributed by atoms with Crippen LogP contribution in [-0.2, 0) is 9.53 Å². The maximum atomic E-state index is 12.1. The molecule has 0 amide bonds. The zero-order valence-electron chi connectivity index (χ0n) is 13.8. The first-order valence-corrected chi connectivity index (χ1v) is 7.55. The van der Waals surface area contributed by atoms with Crippen molar-refractivity contribution in [3.8, 4) is 11.5 Å². The molecular formula is C20H18O4. The first kappa shape index (κ1) is 15.9. The number of benzene rings is 2. The number of ether oxygens (including phenoxy) is 3. The molecule has 0 aromatic heterocycles. The lowest BCUT2D eigenvalue weighted by Gasteiger charge is -2.10. The number of carbonyl (C=O) groups excluding carboxylic acids is 1. The zero-order chi connectivity index (χ0) is 17.1. The Morgan fingerprint density at radius 1 is 1.00 bits per heavy atom. The van der Waals surface area contributed by atoms with Gasteiger partial charge in [0.2, 0.25) is 0 Å². The van der Waals surface area contributed by atoms with Crippen molar-refractivity contribution >= 4 is 17.8 Å². The standard InChI is InChI=1S/C20H18O4/c1-13-4-6-14(7-5-13)10-15-11-19(24-20(15)21)17-9-8-16(22-2)12-18(17)23-3/h4-12H,1-3H3/b15-10-. The summed E-state index contributed by atoms with van der Waals surface area (Å²) in [5, 5.41) is 0. The molecule has 3 rings (SSSR count). The van der Waals surface area contributed by atoms with Crippen LogP contribution >= 0.6 is 0 Å². The van der Waals surface area contributed by atoms with Crippen molar-refractivity contribution in [3.05, 3.63) is 70.8 Å². The summed E-state index contributed by atoms with van der Waals surface area (Å²) in [5.41, 5.74) is 3.34. The van der Waals surface area contributed by atoms with E-state index >= 15 is 0 Å². The van der Waals surface area contributed by atoms with Gasteiger partial charge in [0.1, 0.15) is 17.3 Å². The quantitative estimate of drug-likeness (QED) is 0.630. The van der Waals surface area contributed by atoms with Gasteiger partial charge >= 0.3 is 5.97 Å². The van der Waals surface area contributed by atoms with Gasteiger partial charge in [-0.25, -0.2) is 4.79 Å². The maximum absolute atomic E-state index is 12.1. The van der Waals surface area contributed by atoms with E-state index in [9.17, 15) is 4.79 Å². The fourth-order valence-corrected chi connectivity index (χ4v) is 2.47. The zero-order valence-corrected chi connectivity index (χ0v) is 13.8. The molecule has 0 spiro atoms. The molecule has 0 unspecified atom stereocenters. The number of carbonyl (C=O) groups is 1. The lowest BCUT2D eigenvalue weighted by molar-refractivity contribution is -0.130. The average Bonchev–Trinajstić information content (AvgIpc) is 2.96. The van der Waals surface area contributed by atoms with E-state index in [1.54, 1.807) is 32.4 Å². The molecular weight excluding hydrogens is 304 g/mol. The van der Waals surface area contributed by atoms with Crippen LogP contribution in [-0.4, -0.2) is 20.2 Å². The van der Waals surface area contributed by atoms with Crippen LogP contribution in [0.25, 0.3) is 11.8 Å². The van der Waals surface area contributed by atoms with E-state index in [-0.39, 0.29) is 5.97 Å². The van der Waals surface area contributed by atoms with Gasteiger partial charge in [-0.15, -0.1) is 0 Å². The van der Waals surface area contributed by atoms with Gasteiger partial charge in [-0.2, -0.15) is 0 Å². The molecule has 0 fully saturated rings. The molecule has 2 aromatic carbocycles. The Balaban J connectivity index is 1.96. The molecule has 0 saturated heterocycles. The summed E-state index contributed by atoms with van der Waals surface area (Å²) in [6.07, 6.45) is 3.54. The van der Waals surface area contributed by atoms with Crippen LogP contribution < -0.4 is 9.47 Å². The lowest BCUT2D eigenvalue weighted by Crippen LogP contribution is -1.98. The molecule has 1 heterocycles. The lowest BCUT2D eigenvalue weighted by atomic mass is 10.1. The Morgan fingerprint density at radius 3 is 2.42 bits per heavy atom. The summed E-state index contributed by atoms with van der Waals surface area (Å²) in [5.74, 6) is 1.36. The number of aryl methyl sites for hydroxylation is 1. The summed E-state index contributed by atoms with van der Waals surface area (Å²) in [6, 6.07) is 13.3. The van der Waals surface area contributed by atoms with Gasteiger partial charge < -0.3 is 14.2 Å². The predicted octanol–water partition coefficient (Wildman–Crippen LogP) is 3.99. The van der Waals surface area contributed by atoms with Gasteiger partial charge in [0.25, 0.3) is 0 Å². The molecule has 0 radical (unpaired) electrons. The highest BCUT2D eigenvalue weighted by Gasteiger charge is 2.24. The van der Waals surface area contributed by atoms with Gasteiger partial charge in [0.15, 0.2) is 0 Å². The van der Waals surface area contributed by atoms with Gasteiger partial charge in [-0.3, -0.25) is 0 Å². The number of esters is 1. The normalized spacial score (nSPS) is 15.2. The van der Waals surface area contributed by atoms with E-state index in [4.69, 9.17) is 14.2 Å². The van der Waals surface area contributed by atoms with E-state index in [0.29, 0.717) is 28.4 Å². The molecule has 0 atom stereocenters. The minimum Gasteiger partial charge on any atom is -0.497 e. The van der Waals surface area contributed by atoms with Crippen molar-refractivity contribution in [2.75, 3.05) is 14.2 Å². The van der Waals surface area contributed by atoms with Crippen molar-refractivity contribution in [3.63, 3.8) is 0 Å².